The van der Waals surface area contributed by atoms with Gasteiger partial charge in [-0.05, 0) is 77.4 Å². The smallest absolute Gasteiger partial charge is 0.116 e. The molecule has 172 valence electrons. The molecule has 0 spiro atoms. The molecule has 34 heavy (non-hydrogen) atoms. The SMILES string of the molecule is C=C[C@H]1CN2CC[C@H]1C[C@H]2[C@H](OCc1cccc2ccccc12)c1ccnc2ccc(O)cc12. The average molecular weight is 451 g/mol. The summed E-state index contributed by atoms with van der Waals surface area (Å²) in [5.74, 6) is 1.46. The molecule has 0 aliphatic carbocycles. The van der Waals surface area contributed by atoms with Gasteiger partial charge in [-0.25, -0.2) is 0 Å². The second kappa shape index (κ2) is 8.86. The highest BCUT2D eigenvalue weighted by molar-refractivity contribution is 5.86. The number of hydrogen-bond donors (Lipinski definition) is 1. The fourth-order valence-electron chi connectivity index (χ4n) is 6.10. The first-order valence-corrected chi connectivity index (χ1v) is 12.2. The zero-order valence-electron chi connectivity index (χ0n) is 19.3. The van der Waals surface area contributed by atoms with Crippen LogP contribution in [0.5, 0.6) is 5.75 Å². The maximum atomic E-state index is 10.3. The van der Waals surface area contributed by atoms with Crippen molar-refractivity contribution in [2.45, 2.75) is 31.6 Å². The number of fused-ring (bicyclic) bond motifs is 5. The van der Waals surface area contributed by atoms with Crippen LogP contribution in [0.15, 0.2) is 85.6 Å². The van der Waals surface area contributed by atoms with E-state index in [4.69, 9.17) is 4.74 Å². The monoisotopic (exact) mass is 450 g/mol. The lowest BCUT2D eigenvalue weighted by atomic mass is 9.73. The molecule has 4 aromatic rings. The Morgan fingerprint density at radius 2 is 1.97 bits per heavy atom. The van der Waals surface area contributed by atoms with Crippen LogP contribution in [-0.2, 0) is 11.3 Å². The van der Waals surface area contributed by atoms with Crippen molar-refractivity contribution in [1.29, 1.82) is 0 Å². The van der Waals surface area contributed by atoms with Crippen LogP contribution in [-0.4, -0.2) is 34.1 Å². The summed E-state index contributed by atoms with van der Waals surface area (Å²) in [6.45, 7) is 6.77. The van der Waals surface area contributed by atoms with Gasteiger partial charge in [-0.2, -0.15) is 0 Å². The maximum absolute atomic E-state index is 10.3. The third kappa shape index (κ3) is 3.77. The van der Waals surface area contributed by atoms with E-state index >= 15 is 0 Å². The fraction of sp³-hybridized carbons (Fsp3) is 0.300. The molecule has 0 amide bonds. The number of benzene rings is 3. The minimum atomic E-state index is -0.111. The number of rotatable bonds is 6. The van der Waals surface area contributed by atoms with Crippen molar-refractivity contribution < 1.29 is 9.84 Å². The van der Waals surface area contributed by atoms with Crippen LogP contribution in [0.25, 0.3) is 21.7 Å². The molecule has 7 rings (SSSR count). The summed E-state index contributed by atoms with van der Waals surface area (Å²) in [6.07, 6.45) is 6.21. The Morgan fingerprint density at radius 3 is 2.82 bits per heavy atom. The van der Waals surface area contributed by atoms with Gasteiger partial charge in [-0.15, -0.1) is 6.58 Å². The van der Waals surface area contributed by atoms with E-state index in [1.807, 2.05) is 18.3 Å². The maximum Gasteiger partial charge on any atom is 0.116 e. The van der Waals surface area contributed by atoms with Crippen molar-refractivity contribution in [2.75, 3.05) is 13.1 Å². The van der Waals surface area contributed by atoms with E-state index in [0.29, 0.717) is 18.4 Å². The van der Waals surface area contributed by atoms with Crippen molar-refractivity contribution >= 4 is 21.7 Å². The zero-order valence-corrected chi connectivity index (χ0v) is 19.3. The summed E-state index contributed by atoms with van der Waals surface area (Å²) in [5.41, 5.74) is 3.19. The van der Waals surface area contributed by atoms with Crippen LogP contribution in [0.4, 0.5) is 0 Å². The Bertz CT molecular complexity index is 1340. The lowest BCUT2D eigenvalue weighted by molar-refractivity contribution is -0.0801. The van der Waals surface area contributed by atoms with Crippen LogP contribution in [0.2, 0.25) is 0 Å². The van der Waals surface area contributed by atoms with Gasteiger partial charge in [0.15, 0.2) is 0 Å². The number of nitrogens with zero attached hydrogens (tertiary/aromatic N) is 2. The first-order valence-electron chi connectivity index (χ1n) is 12.2. The third-order valence-electron chi connectivity index (χ3n) is 7.87. The molecule has 0 saturated carbocycles. The van der Waals surface area contributed by atoms with Gasteiger partial charge in [0.2, 0.25) is 0 Å². The largest absolute Gasteiger partial charge is 0.508 e. The second-order valence-corrected chi connectivity index (χ2v) is 9.72. The zero-order chi connectivity index (χ0) is 23.1. The molecule has 3 aromatic carbocycles. The molecule has 2 bridgehead atoms. The molecular formula is C30H30N2O2. The van der Waals surface area contributed by atoms with Crippen LogP contribution in [0.1, 0.15) is 30.1 Å². The molecule has 3 saturated heterocycles. The number of phenols is 1. The summed E-state index contributed by atoms with van der Waals surface area (Å²) in [4.78, 5) is 7.14. The third-order valence-corrected chi connectivity index (χ3v) is 7.87. The number of pyridine rings is 1. The quantitative estimate of drug-likeness (QED) is 0.353. The van der Waals surface area contributed by atoms with E-state index < -0.39 is 0 Å². The van der Waals surface area contributed by atoms with Gasteiger partial charge in [0.05, 0.1) is 18.2 Å². The van der Waals surface area contributed by atoms with Crippen molar-refractivity contribution in [2.24, 2.45) is 11.8 Å². The predicted octanol–water partition coefficient (Wildman–Crippen LogP) is 6.25. The van der Waals surface area contributed by atoms with E-state index in [0.717, 1.165) is 36.0 Å². The van der Waals surface area contributed by atoms with E-state index in [1.54, 1.807) is 6.07 Å². The molecule has 4 nitrogen and oxygen atoms in total. The van der Waals surface area contributed by atoms with Gasteiger partial charge in [0.1, 0.15) is 5.75 Å². The Labute approximate surface area is 200 Å². The van der Waals surface area contributed by atoms with Crippen molar-refractivity contribution in [1.82, 2.24) is 9.88 Å². The Morgan fingerprint density at radius 1 is 1.09 bits per heavy atom. The van der Waals surface area contributed by atoms with Gasteiger partial charge >= 0.3 is 0 Å². The molecule has 0 radical (unpaired) electrons. The highest BCUT2D eigenvalue weighted by atomic mass is 16.5. The normalized spacial score (nSPS) is 24.9. The van der Waals surface area contributed by atoms with Crippen LogP contribution in [0.3, 0.4) is 0 Å². The minimum absolute atomic E-state index is 0.111. The number of aromatic hydroxyl groups is 1. The standard InChI is InChI=1S/C30H30N2O2/c1-2-20-18-32-15-13-22(20)16-29(32)30(26-12-14-31-28-11-10-24(33)17-27(26)28)34-19-23-8-5-7-21-6-3-4-9-25(21)23/h2-12,14,17,20,22,29-30,33H,1,13,15-16,18-19H2/t20-,22-,29-,30+/m0/s1. The predicted molar refractivity (Wildman–Crippen MR) is 137 cm³/mol. The summed E-state index contributed by atoms with van der Waals surface area (Å²) in [7, 11) is 0. The molecule has 3 aliphatic heterocycles. The van der Waals surface area contributed by atoms with Crippen LogP contribution in [0, 0.1) is 11.8 Å². The highest BCUT2D eigenvalue weighted by Gasteiger charge is 2.43. The molecule has 4 heterocycles. The first kappa shape index (κ1) is 21.3. The van der Waals surface area contributed by atoms with Crippen LogP contribution >= 0.6 is 0 Å². The van der Waals surface area contributed by atoms with E-state index in [2.05, 4.69) is 71.1 Å². The minimum Gasteiger partial charge on any atom is -0.508 e. The van der Waals surface area contributed by atoms with Gasteiger partial charge < -0.3 is 9.84 Å². The topological polar surface area (TPSA) is 45.6 Å². The number of phenolic OH excluding ortho intramolecular Hbond substituents is 1. The molecule has 1 aromatic heterocycles. The number of hydrogen-bond acceptors (Lipinski definition) is 4. The molecule has 1 N–H and O–H groups in total. The summed E-state index contributed by atoms with van der Waals surface area (Å²) in [5, 5.41) is 13.7. The summed E-state index contributed by atoms with van der Waals surface area (Å²) < 4.78 is 6.85. The number of aromatic nitrogens is 1. The van der Waals surface area contributed by atoms with Crippen molar-refractivity contribution in [3.63, 3.8) is 0 Å². The Kier molecular flexibility index (Phi) is 5.56. The highest BCUT2D eigenvalue weighted by Crippen LogP contribution is 2.44. The molecule has 4 heteroatoms. The van der Waals surface area contributed by atoms with Gasteiger partial charge in [0.25, 0.3) is 0 Å². The summed E-state index contributed by atoms with van der Waals surface area (Å²) >= 11 is 0. The lowest BCUT2D eigenvalue weighted by Gasteiger charge is -2.51. The van der Waals surface area contributed by atoms with E-state index in [-0.39, 0.29) is 17.9 Å². The molecular weight excluding hydrogens is 420 g/mol. The van der Waals surface area contributed by atoms with E-state index in [1.165, 1.54) is 22.8 Å². The van der Waals surface area contributed by atoms with Gasteiger partial charge in [0, 0.05) is 24.2 Å². The molecule has 5 atom stereocenters. The Hall–Kier alpha value is -3.21. The lowest BCUT2D eigenvalue weighted by Crippen LogP contribution is -2.55. The van der Waals surface area contributed by atoms with Gasteiger partial charge in [-0.3, -0.25) is 9.88 Å². The molecule has 3 aliphatic rings. The van der Waals surface area contributed by atoms with Crippen molar-refractivity contribution in [3.05, 3.63) is 96.7 Å². The molecule has 1 unspecified atom stereocenters. The first-order chi connectivity index (χ1) is 16.7. The average Bonchev–Trinajstić information content (AvgIpc) is 2.89. The number of piperidine rings is 3. The van der Waals surface area contributed by atoms with Gasteiger partial charge in [-0.1, -0.05) is 48.5 Å². The van der Waals surface area contributed by atoms with Crippen LogP contribution < -0.4 is 0 Å². The number of ether oxygens (including phenoxy) is 1. The van der Waals surface area contributed by atoms with E-state index in [9.17, 15) is 5.11 Å². The van der Waals surface area contributed by atoms with Crippen molar-refractivity contribution in [3.8, 4) is 5.75 Å². The molecule has 3 fully saturated rings. The second-order valence-electron chi connectivity index (χ2n) is 9.72. The Balaban J connectivity index is 1.40. The summed E-state index contributed by atoms with van der Waals surface area (Å²) in [6, 6.07) is 22.7. The fourth-order valence-corrected chi connectivity index (χ4v) is 6.10.